The fourth-order valence-corrected chi connectivity index (χ4v) is 2.84. The lowest BCUT2D eigenvalue weighted by molar-refractivity contribution is 1.07. The third-order valence-electron chi connectivity index (χ3n) is 2.39. The second-order valence-electron chi connectivity index (χ2n) is 3.45. The molecule has 1 aromatic carbocycles. The molecule has 0 radical (unpaired) electrons. The Kier molecular flexibility index (Phi) is 3.10. The van der Waals surface area contributed by atoms with E-state index in [1.54, 1.807) is 11.3 Å². The number of benzene rings is 1. The highest BCUT2D eigenvalue weighted by Gasteiger charge is 2.07. The Morgan fingerprint density at radius 2 is 2.13 bits per heavy atom. The van der Waals surface area contributed by atoms with Crippen molar-refractivity contribution in [2.75, 3.05) is 0 Å². The molecule has 15 heavy (non-hydrogen) atoms. The Morgan fingerprint density at radius 3 is 2.67 bits per heavy atom. The zero-order chi connectivity index (χ0) is 10.8. The first-order chi connectivity index (χ1) is 7.22. The number of aryl methyl sites for hydroxylation is 1. The van der Waals surface area contributed by atoms with E-state index >= 15 is 0 Å². The monoisotopic (exact) mass is 237 g/mol. The molecule has 78 valence electrons. The van der Waals surface area contributed by atoms with E-state index in [9.17, 15) is 0 Å². The largest absolute Gasteiger partial charge is 0.326 e. The summed E-state index contributed by atoms with van der Waals surface area (Å²) in [5, 5.41) is 2.83. The molecule has 0 saturated carbocycles. The SMILES string of the molecule is Cc1cc(CN)ccc1-c1sccc1Cl. The lowest BCUT2D eigenvalue weighted by Gasteiger charge is -2.06. The molecule has 0 aliphatic carbocycles. The quantitative estimate of drug-likeness (QED) is 0.844. The van der Waals surface area contributed by atoms with E-state index in [4.69, 9.17) is 17.3 Å². The molecule has 2 rings (SSSR count). The van der Waals surface area contributed by atoms with Crippen molar-refractivity contribution in [2.45, 2.75) is 13.5 Å². The van der Waals surface area contributed by atoms with Crippen molar-refractivity contribution in [3.63, 3.8) is 0 Å². The summed E-state index contributed by atoms with van der Waals surface area (Å²) in [4.78, 5) is 1.14. The Morgan fingerprint density at radius 1 is 1.33 bits per heavy atom. The van der Waals surface area contributed by atoms with Gasteiger partial charge in [-0.2, -0.15) is 0 Å². The molecule has 0 atom stereocenters. The van der Waals surface area contributed by atoms with E-state index in [2.05, 4.69) is 25.1 Å². The topological polar surface area (TPSA) is 26.0 Å². The molecule has 0 saturated heterocycles. The Hall–Kier alpha value is -0.830. The van der Waals surface area contributed by atoms with Gasteiger partial charge in [0, 0.05) is 6.54 Å². The molecule has 2 N–H and O–H groups in total. The number of thiophene rings is 1. The van der Waals surface area contributed by atoms with Crippen molar-refractivity contribution in [2.24, 2.45) is 5.73 Å². The highest BCUT2D eigenvalue weighted by atomic mass is 35.5. The van der Waals surface area contributed by atoms with Gasteiger partial charge in [0.05, 0.1) is 9.90 Å². The van der Waals surface area contributed by atoms with Crippen LogP contribution in [0.15, 0.2) is 29.6 Å². The molecule has 0 spiro atoms. The molecule has 0 aliphatic heterocycles. The predicted molar refractivity (Wildman–Crippen MR) is 67.4 cm³/mol. The Balaban J connectivity index is 2.50. The number of hydrogen-bond donors (Lipinski definition) is 1. The molecular weight excluding hydrogens is 226 g/mol. The average molecular weight is 238 g/mol. The van der Waals surface area contributed by atoms with Crippen LogP contribution in [0.3, 0.4) is 0 Å². The summed E-state index contributed by atoms with van der Waals surface area (Å²) in [7, 11) is 0. The first kappa shape index (κ1) is 10.7. The van der Waals surface area contributed by atoms with Crippen LogP contribution in [0.1, 0.15) is 11.1 Å². The second kappa shape index (κ2) is 4.35. The molecule has 1 aromatic heterocycles. The molecule has 1 nitrogen and oxygen atoms in total. The zero-order valence-corrected chi connectivity index (χ0v) is 10.0. The van der Waals surface area contributed by atoms with Gasteiger partial charge in [0.25, 0.3) is 0 Å². The minimum atomic E-state index is 0.583. The molecule has 3 heteroatoms. The smallest absolute Gasteiger partial charge is 0.0592 e. The highest BCUT2D eigenvalue weighted by Crippen LogP contribution is 2.35. The average Bonchev–Trinajstić information content (AvgIpc) is 2.64. The summed E-state index contributed by atoms with van der Waals surface area (Å²) in [5.74, 6) is 0. The van der Waals surface area contributed by atoms with E-state index in [-0.39, 0.29) is 0 Å². The van der Waals surface area contributed by atoms with E-state index in [1.807, 2.05) is 11.4 Å². The van der Waals surface area contributed by atoms with Crippen LogP contribution < -0.4 is 5.73 Å². The summed E-state index contributed by atoms with van der Waals surface area (Å²) in [6.07, 6.45) is 0. The number of rotatable bonds is 2. The molecule has 0 bridgehead atoms. The van der Waals surface area contributed by atoms with Gasteiger partial charge >= 0.3 is 0 Å². The molecule has 0 fully saturated rings. The number of halogens is 1. The third kappa shape index (κ3) is 2.07. The molecule has 0 amide bonds. The second-order valence-corrected chi connectivity index (χ2v) is 4.77. The Labute approximate surface area is 98.5 Å². The molecule has 2 aromatic rings. The van der Waals surface area contributed by atoms with Crippen molar-refractivity contribution in [3.8, 4) is 10.4 Å². The van der Waals surface area contributed by atoms with Crippen LogP contribution in [-0.2, 0) is 6.54 Å². The van der Waals surface area contributed by atoms with E-state index < -0.39 is 0 Å². The third-order valence-corrected chi connectivity index (χ3v) is 3.76. The van der Waals surface area contributed by atoms with Crippen LogP contribution in [0.4, 0.5) is 0 Å². The van der Waals surface area contributed by atoms with Gasteiger partial charge in [-0.25, -0.2) is 0 Å². The van der Waals surface area contributed by atoms with Gasteiger partial charge in [0.15, 0.2) is 0 Å². The standard InChI is InChI=1S/C12H12ClNS/c1-8-6-9(7-14)2-3-10(8)12-11(13)4-5-15-12/h2-6H,7,14H2,1H3. The number of hydrogen-bond acceptors (Lipinski definition) is 2. The fourth-order valence-electron chi connectivity index (χ4n) is 1.59. The maximum absolute atomic E-state index is 6.11. The van der Waals surface area contributed by atoms with E-state index in [0.29, 0.717) is 6.54 Å². The first-order valence-corrected chi connectivity index (χ1v) is 6.01. The van der Waals surface area contributed by atoms with Gasteiger partial charge in [-0.1, -0.05) is 29.8 Å². The minimum absolute atomic E-state index is 0.583. The zero-order valence-electron chi connectivity index (χ0n) is 8.46. The van der Waals surface area contributed by atoms with Crippen molar-refractivity contribution >= 4 is 22.9 Å². The van der Waals surface area contributed by atoms with Gasteiger partial charge < -0.3 is 5.73 Å². The van der Waals surface area contributed by atoms with Crippen LogP contribution in [0.2, 0.25) is 5.02 Å². The minimum Gasteiger partial charge on any atom is -0.326 e. The van der Waals surface area contributed by atoms with Crippen LogP contribution in [0.25, 0.3) is 10.4 Å². The molecule has 0 unspecified atom stereocenters. The highest BCUT2D eigenvalue weighted by molar-refractivity contribution is 7.14. The summed E-state index contributed by atoms with van der Waals surface area (Å²) in [6.45, 7) is 2.67. The van der Waals surface area contributed by atoms with Gasteiger partial charge in [-0.3, -0.25) is 0 Å². The van der Waals surface area contributed by atoms with Crippen LogP contribution in [0, 0.1) is 6.92 Å². The van der Waals surface area contributed by atoms with E-state index in [0.717, 1.165) is 15.5 Å². The lowest BCUT2D eigenvalue weighted by Crippen LogP contribution is -1.96. The molecular formula is C12H12ClNS. The number of nitrogens with two attached hydrogens (primary N) is 1. The first-order valence-electron chi connectivity index (χ1n) is 4.75. The Bertz CT molecular complexity index is 476. The normalized spacial score (nSPS) is 10.6. The summed E-state index contributed by atoms with van der Waals surface area (Å²) < 4.78 is 0. The summed E-state index contributed by atoms with van der Waals surface area (Å²) >= 11 is 7.77. The fraction of sp³-hybridized carbons (Fsp3) is 0.167. The molecule has 0 aliphatic rings. The van der Waals surface area contributed by atoms with Gasteiger partial charge in [-0.15, -0.1) is 11.3 Å². The van der Waals surface area contributed by atoms with Crippen molar-refractivity contribution in [1.29, 1.82) is 0 Å². The van der Waals surface area contributed by atoms with Crippen molar-refractivity contribution < 1.29 is 0 Å². The van der Waals surface area contributed by atoms with Gasteiger partial charge in [0.1, 0.15) is 0 Å². The summed E-state index contributed by atoms with van der Waals surface area (Å²) in [6, 6.07) is 8.19. The maximum Gasteiger partial charge on any atom is 0.0592 e. The lowest BCUT2D eigenvalue weighted by atomic mass is 10.0. The van der Waals surface area contributed by atoms with Crippen molar-refractivity contribution in [1.82, 2.24) is 0 Å². The van der Waals surface area contributed by atoms with Crippen molar-refractivity contribution in [3.05, 3.63) is 45.8 Å². The maximum atomic E-state index is 6.11. The van der Waals surface area contributed by atoms with Crippen LogP contribution in [0.5, 0.6) is 0 Å². The predicted octanol–water partition coefficient (Wildman–Crippen LogP) is 3.84. The van der Waals surface area contributed by atoms with Crippen LogP contribution >= 0.6 is 22.9 Å². The van der Waals surface area contributed by atoms with Gasteiger partial charge in [-0.05, 0) is 35.1 Å². The molecule has 1 heterocycles. The van der Waals surface area contributed by atoms with Gasteiger partial charge in [0.2, 0.25) is 0 Å². The van der Waals surface area contributed by atoms with Crippen LogP contribution in [-0.4, -0.2) is 0 Å². The van der Waals surface area contributed by atoms with E-state index in [1.165, 1.54) is 11.1 Å². The summed E-state index contributed by atoms with van der Waals surface area (Å²) in [5.41, 5.74) is 9.18.